The lowest BCUT2D eigenvalue weighted by Crippen LogP contribution is -3.10. The third-order valence-electron chi connectivity index (χ3n) is 3.20. The Bertz CT molecular complexity index is 631. The molecule has 5 heteroatoms. The summed E-state index contributed by atoms with van der Waals surface area (Å²) < 4.78 is 0. The molecule has 2 amide bonds. The molecule has 20 heavy (non-hydrogen) atoms. The number of para-hydroxylation sites is 1. The molecule has 2 unspecified atom stereocenters. The molecule has 2 heterocycles. The molecule has 2 atom stereocenters. The minimum Gasteiger partial charge on any atom is -0.230 e. The average molecular weight is 286 g/mol. The van der Waals surface area contributed by atoms with Gasteiger partial charge < -0.3 is 0 Å². The van der Waals surface area contributed by atoms with E-state index in [1.165, 1.54) is 11.8 Å². The molecule has 3 rings (SSSR count). The molecule has 1 aromatic heterocycles. The van der Waals surface area contributed by atoms with Crippen LogP contribution >= 0.6 is 11.8 Å². The van der Waals surface area contributed by atoms with Gasteiger partial charge in [-0.25, -0.2) is 14.6 Å². The number of amides is 2. The molecule has 1 aliphatic heterocycles. The van der Waals surface area contributed by atoms with Crippen LogP contribution in [0.3, 0.4) is 0 Å². The number of imide groups is 1. The summed E-state index contributed by atoms with van der Waals surface area (Å²) in [6.45, 7) is 0. The Balaban J connectivity index is 1.81. The number of carbonyl (C=O) groups excluding carboxylic acids is 2. The molecule has 0 radical (unpaired) electrons. The van der Waals surface area contributed by atoms with Crippen LogP contribution in [0.5, 0.6) is 0 Å². The van der Waals surface area contributed by atoms with E-state index < -0.39 is 0 Å². The van der Waals surface area contributed by atoms with Crippen molar-refractivity contribution in [3.8, 4) is 0 Å². The van der Waals surface area contributed by atoms with E-state index in [9.17, 15) is 9.59 Å². The first kappa shape index (κ1) is 13.0. The summed E-state index contributed by atoms with van der Waals surface area (Å²) >= 11 is 1.41. The van der Waals surface area contributed by atoms with Gasteiger partial charge in [0, 0.05) is 24.3 Å². The summed E-state index contributed by atoms with van der Waals surface area (Å²) in [5, 5.41) is 0.573. The highest BCUT2D eigenvalue weighted by atomic mass is 32.2. The van der Waals surface area contributed by atoms with Gasteiger partial charge in [-0.15, -0.1) is 0 Å². The predicted octanol–water partition coefficient (Wildman–Crippen LogP) is 0.635. The van der Waals surface area contributed by atoms with Crippen LogP contribution in [0.2, 0.25) is 0 Å². The van der Waals surface area contributed by atoms with Crippen LogP contribution in [0.25, 0.3) is 0 Å². The number of aromatic amines is 1. The summed E-state index contributed by atoms with van der Waals surface area (Å²) in [6.07, 6.45) is 2.09. The van der Waals surface area contributed by atoms with Crippen LogP contribution in [0.4, 0.5) is 5.69 Å². The number of benzene rings is 1. The molecular formula is C15H14N2O2S+2. The van der Waals surface area contributed by atoms with Crippen molar-refractivity contribution in [1.29, 1.82) is 0 Å². The lowest BCUT2D eigenvalue weighted by atomic mass is 10.3. The van der Waals surface area contributed by atoms with Crippen molar-refractivity contribution < 1.29 is 19.5 Å². The molecule has 1 aromatic carbocycles. The van der Waals surface area contributed by atoms with E-state index in [0.717, 1.165) is 10.7 Å². The molecule has 2 N–H and O–H groups in total. The Hall–Kier alpha value is -1.98. The zero-order valence-electron chi connectivity index (χ0n) is 10.7. The third kappa shape index (κ3) is 2.50. The van der Waals surface area contributed by atoms with Crippen molar-refractivity contribution in [2.24, 2.45) is 0 Å². The molecule has 0 spiro atoms. The fraction of sp³-hybridized carbons (Fsp3) is 0.133. The molecular weight excluding hydrogens is 272 g/mol. The van der Waals surface area contributed by atoms with Crippen LogP contribution in [-0.2, 0) is 9.59 Å². The molecule has 0 saturated carbocycles. The van der Waals surface area contributed by atoms with Gasteiger partial charge >= 0.3 is 11.8 Å². The van der Waals surface area contributed by atoms with Gasteiger partial charge in [0.2, 0.25) is 5.03 Å². The van der Waals surface area contributed by atoms with Crippen LogP contribution in [0.1, 0.15) is 6.42 Å². The number of pyridine rings is 1. The van der Waals surface area contributed by atoms with E-state index >= 15 is 0 Å². The van der Waals surface area contributed by atoms with E-state index in [1.54, 1.807) is 0 Å². The topological polar surface area (TPSA) is 52.7 Å². The number of thioether (sulfide) groups is 1. The maximum Gasteiger partial charge on any atom is 0.338 e. The number of aromatic nitrogens is 1. The zero-order chi connectivity index (χ0) is 13.9. The van der Waals surface area contributed by atoms with Crippen molar-refractivity contribution in [2.75, 3.05) is 0 Å². The van der Waals surface area contributed by atoms with Crippen molar-refractivity contribution >= 4 is 29.3 Å². The van der Waals surface area contributed by atoms with Crippen molar-refractivity contribution in [3.63, 3.8) is 0 Å². The Morgan fingerprint density at radius 3 is 2.50 bits per heavy atom. The lowest BCUT2D eigenvalue weighted by Gasteiger charge is -2.07. The molecule has 4 nitrogen and oxygen atoms in total. The van der Waals surface area contributed by atoms with Crippen molar-refractivity contribution in [1.82, 2.24) is 0 Å². The summed E-state index contributed by atoms with van der Waals surface area (Å²) in [4.78, 5) is 28.0. The van der Waals surface area contributed by atoms with Crippen LogP contribution < -0.4 is 9.88 Å². The minimum atomic E-state index is -0.323. The number of carbonyl (C=O) groups is 2. The Labute approximate surface area is 120 Å². The maximum atomic E-state index is 12.4. The first-order valence-electron chi connectivity index (χ1n) is 6.39. The Morgan fingerprint density at radius 2 is 1.80 bits per heavy atom. The number of nitrogens with one attached hydrogen (secondary N) is 2. The lowest BCUT2D eigenvalue weighted by molar-refractivity contribution is -0.656. The number of hydrogen-bond acceptors (Lipinski definition) is 3. The number of hydrogen-bond donors (Lipinski definition) is 1. The van der Waals surface area contributed by atoms with Gasteiger partial charge in [0.25, 0.3) is 0 Å². The number of quaternary nitrogens is 1. The Kier molecular flexibility index (Phi) is 3.62. The van der Waals surface area contributed by atoms with Gasteiger partial charge in [-0.05, 0) is 17.8 Å². The SMILES string of the molecule is O=C1CC(Sc2cccc[nH+]2)C(=O)[NH+]1c1ccccc1. The monoisotopic (exact) mass is 286 g/mol. The molecule has 2 aromatic rings. The molecule has 0 aliphatic carbocycles. The minimum absolute atomic E-state index is 0.0605. The molecule has 0 bridgehead atoms. The number of rotatable bonds is 3. The van der Waals surface area contributed by atoms with Crippen molar-refractivity contribution in [3.05, 3.63) is 54.7 Å². The molecule has 100 valence electrons. The number of H-pyrrole nitrogens is 1. The van der Waals surface area contributed by atoms with Crippen LogP contribution in [0.15, 0.2) is 59.8 Å². The zero-order valence-corrected chi connectivity index (χ0v) is 11.5. The van der Waals surface area contributed by atoms with Gasteiger partial charge in [0.15, 0.2) is 6.20 Å². The molecule has 1 fully saturated rings. The summed E-state index contributed by atoms with van der Waals surface area (Å²) in [7, 11) is 0. The molecule has 1 aliphatic rings. The highest BCUT2D eigenvalue weighted by molar-refractivity contribution is 8.00. The first-order valence-corrected chi connectivity index (χ1v) is 7.27. The molecule has 1 saturated heterocycles. The second kappa shape index (κ2) is 5.56. The average Bonchev–Trinajstić information content (AvgIpc) is 2.75. The maximum absolute atomic E-state index is 12.4. The largest absolute Gasteiger partial charge is 0.338 e. The predicted molar refractivity (Wildman–Crippen MR) is 74.3 cm³/mol. The van der Waals surface area contributed by atoms with Crippen molar-refractivity contribution in [2.45, 2.75) is 16.7 Å². The highest BCUT2D eigenvalue weighted by Gasteiger charge is 2.47. The normalized spacial score (nSPS) is 22.2. The van der Waals surface area contributed by atoms with E-state index in [1.807, 2.05) is 54.7 Å². The van der Waals surface area contributed by atoms with Gasteiger partial charge in [-0.1, -0.05) is 18.2 Å². The third-order valence-corrected chi connectivity index (χ3v) is 4.37. The standard InChI is InChI=1S/C15H12N2O2S/c18-14-10-12(20-13-8-4-5-9-16-13)15(19)17(14)11-6-2-1-3-7-11/h1-9,12H,10H2/p+2. The summed E-state index contributed by atoms with van der Waals surface area (Å²) in [5.74, 6) is -0.127. The Morgan fingerprint density at radius 1 is 1.05 bits per heavy atom. The smallest absolute Gasteiger partial charge is 0.230 e. The van der Waals surface area contributed by atoms with E-state index in [2.05, 4.69) is 4.98 Å². The summed E-state index contributed by atoms with van der Waals surface area (Å²) in [5.41, 5.74) is 0.725. The summed E-state index contributed by atoms with van der Waals surface area (Å²) in [6, 6.07) is 14.9. The van der Waals surface area contributed by atoms with E-state index in [0.29, 0.717) is 4.90 Å². The van der Waals surface area contributed by atoms with Gasteiger partial charge in [-0.3, -0.25) is 0 Å². The van der Waals surface area contributed by atoms with Gasteiger partial charge in [0.1, 0.15) is 10.9 Å². The van der Waals surface area contributed by atoms with Gasteiger partial charge in [-0.2, -0.15) is 4.90 Å². The fourth-order valence-electron chi connectivity index (χ4n) is 2.27. The van der Waals surface area contributed by atoms with Crippen LogP contribution in [-0.4, -0.2) is 17.1 Å². The second-order valence-corrected chi connectivity index (χ2v) is 5.81. The van der Waals surface area contributed by atoms with Gasteiger partial charge in [0.05, 0.1) is 6.42 Å². The van der Waals surface area contributed by atoms with E-state index in [4.69, 9.17) is 0 Å². The second-order valence-electron chi connectivity index (χ2n) is 4.57. The quantitative estimate of drug-likeness (QED) is 0.842. The first-order chi connectivity index (χ1) is 9.75. The van der Waals surface area contributed by atoms with Crippen LogP contribution in [0, 0.1) is 0 Å². The van der Waals surface area contributed by atoms with E-state index in [-0.39, 0.29) is 23.5 Å². The highest BCUT2D eigenvalue weighted by Crippen LogP contribution is 2.24. The fourth-order valence-corrected chi connectivity index (χ4v) is 3.33.